The highest BCUT2D eigenvalue weighted by atomic mass is 16.2. The summed E-state index contributed by atoms with van der Waals surface area (Å²) in [5, 5.41) is 0. The van der Waals surface area contributed by atoms with Crippen LogP contribution in [0.25, 0.3) is 0 Å². The zero-order chi connectivity index (χ0) is 14.0. The molecule has 19 heavy (non-hydrogen) atoms. The molecule has 1 saturated heterocycles. The van der Waals surface area contributed by atoms with Gasteiger partial charge in [0.15, 0.2) is 0 Å². The number of nitrogens with zero attached hydrogens (tertiary/aromatic N) is 2. The van der Waals surface area contributed by atoms with Crippen molar-refractivity contribution < 1.29 is 4.79 Å². The smallest absolute Gasteiger partial charge is 0.246 e. The molecule has 4 heteroatoms. The van der Waals surface area contributed by atoms with E-state index >= 15 is 0 Å². The number of piperazine rings is 1. The van der Waals surface area contributed by atoms with E-state index in [0.717, 1.165) is 18.8 Å². The van der Waals surface area contributed by atoms with Crippen LogP contribution in [-0.4, -0.2) is 43.5 Å². The van der Waals surface area contributed by atoms with Crippen LogP contribution in [0.4, 0.5) is 5.69 Å². The first-order valence-electron chi connectivity index (χ1n) is 6.87. The highest BCUT2D eigenvalue weighted by Gasteiger charge is 2.33. The minimum atomic E-state index is -0.237. The molecule has 1 aliphatic heterocycles. The number of anilines is 1. The van der Waals surface area contributed by atoms with Crippen molar-refractivity contribution >= 4 is 11.6 Å². The molecule has 2 rings (SSSR count). The molecule has 1 heterocycles. The van der Waals surface area contributed by atoms with Gasteiger partial charge in [0.05, 0.1) is 0 Å². The summed E-state index contributed by atoms with van der Waals surface area (Å²) in [5.41, 5.74) is 8.24. The molecule has 1 aromatic carbocycles. The van der Waals surface area contributed by atoms with Crippen molar-refractivity contribution in [1.82, 2.24) is 4.90 Å². The van der Waals surface area contributed by atoms with Crippen LogP contribution >= 0.6 is 0 Å². The van der Waals surface area contributed by atoms with Crippen LogP contribution in [0.15, 0.2) is 24.3 Å². The van der Waals surface area contributed by atoms with E-state index in [4.69, 9.17) is 5.73 Å². The molecule has 0 radical (unpaired) electrons. The average molecular weight is 261 g/mol. The Balaban J connectivity index is 2.37. The number of nitrogens with two attached hydrogens (primary N) is 1. The monoisotopic (exact) mass is 261 g/mol. The number of likely N-dealkylation sites (N-methyl/N-ethyl adjacent to an activating group) is 1. The molecule has 1 fully saturated rings. The molecule has 4 nitrogen and oxygen atoms in total. The van der Waals surface area contributed by atoms with Crippen LogP contribution in [0.3, 0.4) is 0 Å². The predicted octanol–water partition coefficient (Wildman–Crippen LogP) is 1.42. The Kier molecular flexibility index (Phi) is 4.10. The van der Waals surface area contributed by atoms with Gasteiger partial charge >= 0.3 is 0 Å². The average Bonchev–Trinajstić information content (AvgIpc) is 2.41. The van der Waals surface area contributed by atoms with Gasteiger partial charge in [0.1, 0.15) is 6.04 Å². The first-order chi connectivity index (χ1) is 9.06. The topological polar surface area (TPSA) is 49.6 Å². The molecule has 104 valence electrons. The lowest BCUT2D eigenvalue weighted by molar-refractivity contribution is -0.132. The summed E-state index contributed by atoms with van der Waals surface area (Å²) in [7, 11) is 1.84. The molecular weight excluding hydrogens is 238 g/mol. The third kappa shape index (κ3) is 2.59. The van der Waals surface area contributed by atoms with Crippen LogP contribution in [-0.2, 0) is 4.79 Å². The molecule has 1 atom stereocenters. The van der Waals surface area contributed by atoms with Gasteiger partial charge in [-0.15, -0.1) is 0 Å². The van der Waals surface area contributed by atoms with E-state index in [1.807, 2.05) is 19.2 Å². The fraction of sp³-hybridized carbons (Fsp3) is 0.533. The van der Waals surface area contributed by atoms with Crippen LogP contribution in [0.2, 0.25) is 0 Å². The van der Waals surface area contributed by atoms with Crippen LogP contribution in [0, 0.1) is 0 Å². The summed E-state index contributed by atoms with van der Waals surface area (Å²) in [6.07, 6.45) is 0. The minimum absolute atomic E-state index is 0.118. The quantitative estimate of drug-likeness (QED) is 0.895. The second-order valence-corrected chi connectivity index (χ2v) is 5.42. The van der Waals surface area contributed by atoms with Gasteiger partial charge in [-0.3, -0.25) is 4.79 Å². The third-order valence-corrected chi connectivity index (χ3v) is 3.81. The normalized spacial score (nSPS) is 20.3. The number of rotatable bonds is 3. The molecule has 1 aliphatic rings. The zero-order valence-corrected chi connectivity index (χ0v) is 12.0. The van der Waals surface area contributed by atoms with E-state index in [2.05, 4.69) is 30.9 Å². The SMILES string of the molecule is CC(C)c1ccccc1N1CCN(C)C(=O)C1CN. The molecule has 0 spiro atoms. The number of hydrogen-bond acceptors (Lipinski definition) is 3. The van der Waals surface area contributed by atoms with Gasteiger partial charge in [-0.05, 0) is 17.5 Å². The van der Waals surface area contributed by atoms with Gasteiger partial charge in [0.25, 0.3) is 0 Å². The first-order valence-corrected chi connectivity index (χ1v) is 6.87. The number of carbonyl (C=O) groups excluding carboxylic acids is 1. The molecule has 0 aromatic heterocycles. The molecule has 0 bridgehead atoms. The molecular formula is C15H23N3O. The fourth-order valence-corrected chi connectivity index (χ4v) is 2.67. The minimum Gasteiger partial charge on any atom is -0.356 e. The summed E-state index contributed by atoms with van der Waals surface area (Å²) in [6, 6.07) is 8.07. The van der Waals surface area contributed by atoms with Gasteiger partial charge in [0, 0.05) is 32.4 Å². The van der Waals surface area contributed by atoms with Gasteiger partial charge in [0.2, 0.25) is 5.91 Å². The number of hydrogen-bond donors (Lipinski definition) is 1. The Morgan fingerprint density at radius 3 is 2.63 bits per heavy atom. The molecule has 1 unspecified atom stereocenters. The number of para-hydroxylation sites is 1. The molecule has 1 aromatic rings. The maximum atomic E-state index is 12.2. The summed E-state index contributed by atoms with van der Waals surface area (Å²) in [4.78, 5) is 16.2. The standard InChI is InChI=1S/C15H23N3O/c1-11(2)12-6-4-5-7-13(12)18-9-8-17(3)15(19)14(18)10-16/h4-7,11,14H,8-10,16H2,1-3H3. The van der Waals surface area contributed by atoms with Gasteiger partial charge in [-0.25, -0.2) is 0 Å². The van der Waals surface area contributed by atoms with Gasteiger partial charge in [-0.1, -0.05) is 32.0 Å². The number of benzene rings is 1. The zero-order valence-electron chi connectivity index (χ0n) is 12.0. The fourth-order valence-electron chi connectivity index (χ4n) is 2.67. The predicted molar refractivity (Wildman–Crippen MR) is 78.4 cm³/mol. The van der Waals surface area contributed by atoms with Crippen molar-refractivity contribution in [3.05, 3.63) is 29.8 Å². The maximum Gasteiger partial charge on any atom is 0.246 e. The lowest BCUT2D eigenvalue weighted by atomic mass is 9.98. The van der Waals surface area contributed by atoms with Gasteiger partial charge in [-0.2, -0.15) is 0 Å². The van der Waals surface area contributed by atoms with Crippen molar-refractivity contribution in [3.8, 4) is 0 Å². The van der Waals surface area contributed by atoms with Crippen molar-refractivity contribution in [3.63, 3.8) is 0 Å². The van der Waals surface area contributed by atoms with Crippen LogP contribution in [0.1, 0.15) is 25.3 Å². The number of carbonyl (C=O) groups is 1. The Labute approximate surface area is 115 Å². The highest BCUT2D eigenvalue weighted by Crippen LogP contribution is 2.29. The summed E-state index contributed by atoms with van der Waals surface area (Å²) in [5.74, 6) is 0.552. The summed E-state index contributed by atoms with van der Waals surface area (Å²) >= 11 is 0. The van der Waals surface area contributed by atoms with Crippen molar-refractivity contribution in [1.29, 1.82) is 0 Å². The molecule has 0 aliphatic carbocycles. The second-order valence-electron chi connectivity index (χ2n) is 5.42. The Morgan fingerprint density at radius 1 is 1.32 bits per heavy atom. The Hall–Kier alpha value is -1.55. The third-order valence-electron chi connectivity index (χ3n) is 3.81. The van der Waals surface area contributed by atoms with E-state index in [1.165, 1.54) is 5.56 Å². The van der Waals surface area contributed by atoms with E-state index in [1.54, 1.807) is 4.90 Å². The highest BCUT2D eigenvalue weighted by molar-refractivity contribution is 5.87. The maximum absolute atomic E-state index is 12.2. The van der Waals surface area contributed by atoms with E-state index in [-0.39, 0.29) is 11.9 Å². The van der Waals surface area contributed by atoms with Crippen molar-refractivity contribution in [2.75, 3.05) is 31.6 Å². The first kappa shape index (κ1) is 13.9. The Bertz CT molecular complexity index is 458. The molecule has 1 amide bonds. The largest absolute Gasteiger partial charge is 0.356 e. The van der Waals surface area contributed by atoms with Crippen molar-refractivity contribution in [2.45, 2.75) is 25.8 Å². The Morgan fingerprint density at radius 2 is 2.00 bits per heavy atom. The van der Waals surface area contributed by atoms with Crippen molar-refractivity contribution in [2.24, 2.45) is 5.73 Å². The lowest BCUT2D eigenvalue weighted by Crippen LogP contribution is -2.59. The van der Waals surface area contributed by atoms with Crippen LogP contribution < -0.4 is 10.6 Å². The number of amides is 1. The van der Waals surface area contributed by atoms with Crippen LogP contribution in [0.5, 0.6) is 0 Å². The summed E-state index contributed by atoms with van der Waals surface area (Å²) in [6.45, 7) is 6.30. The van der Waals surface area contributed by atoms with E-state index in [9.17, 15) is 4.79 Å². The van der Waals surface area contributed by atoms with Gasteiger partial charge < -0.3 is 15.5 Å². The summed E-state index contributed by atoms with van der Waals surface area (Å²) < 4.78 is 0. The lowest BCUT2D eigenvalue weighted by Gasteiger charge is -2.41. The van der Waals surface area contributed by atoms with E-state index < -0.39 is 0 Å². The molecule has 2 N–H and O–H groups in total. The molecule has 0 saturated carbocycles. The van der Waals surface area contributed by atoms with E-state index in [0.29, 0.717) is 12.5 Å². The second kappa shape index (κ2) is 5.61.